The maximum Gasteiger partial charge on any atom is 0.104 e. The topological polar surface area (TPSA) is 38.5 Å². The first-order valence-corrected chi connectivity index (χ1v) is 7.02. The number of ether oxygens (including phenoxy) is 1. The van der Waals surface area contributed by atoms with Gasteiger partial charge in [0.25, 0.3) is 0 Å². The Bertz CT molecular complexity index is 499. The Morgan fingerprint density at radius 2 is 2.16 bits per heavy atom. The minimum absolute atomic E-state index is 0.118. The summed E-state index contributed by atoms with van der Waals surface area (Å²) < 4.78 is 5.94. The SMILES string of the molecule is Cc1cc(N2CC(C)OC(C)(C)C2)ccc1C(N)=S. The molecule has 0 saturated carbocycles. The number of anilines is 1. The Labute approximate surface area is 120 Å². The summed E-state index contributed by atoms with van der Waals surface area (Å²) in [4.78, 5) is 2.82. The number of hydrogen-bond acceptors (Lipinski definition) is 3. The largest absolute Gasteiger partial charge is 0.389 e. The molecule has 1 aromatic rings. The second-order valence-corrected chi connectivity index (χ2v) is 6.37. The van der Waals surface area contributed by atoms with Crippen molar-refractivity contribution in [2.75, 3.05) is 18.0 Å². The fourth-order valence-electron chi connectivity index (χ4n) is 2.77. The van der Waals surface area contributed by atoms with E-state index in [9.17, 15) is 0 Å². The van der Waals surface area contributed by atoms with E-state index in [0.29, 0.717) is 4.99 Å². The van der Waals surface area contributed by atoms with Gasteiger partial charge in [-0.25, -0.2) is 0 Å². The number of nitrogens with zero attached hydrogens (tertiary/aromatic N) is 1. The van der Waals surface area contributed by atoms with Crippen LogP contribution in [0.15, 0.2) is 18.2 Å². The van der Waals surface area contributed by atoms with Gasteiger partial charge in [0.2, 0.25) is 0 Å². The van der Waals surface area contributed by atoms with Gasteiger partial charge < -0.3 is 15.4 Å². The summed E-state index contributed by atoms with van der Waals surface area (Å²) in [6.07, 6.45) is 0.235. The fraction of sp³-hybridized carbons (Fsp3) is 0.533. The van der Waals surface area contributed by atoms with Gasteiger partial charge in [-0.05, 0) is 51.5 Å². The Kier molecular flexibility index (Phi) is 3.83. The molecule has 1 aliphatic heterocycles. The van der Waals surface area contributed by atoms with Gasteiger partial charge in [-0.2, -0.15) is 0 Å². The third-order valence-electron chi connectivity index (χ3n) is 3.41. The van der Waals surface area contributed by atoms with E-state index in [1.807, 2.05) is 13.0 Å². The average Bonchev–Trinajstić information content (AvgIpc) is 2.25. The van der Waals surface area contributed by atoms with Crippen LogP contribution in [-0.2, 0) is 4.74 Å². The highest BCUT2D eigenvalue weighted by molar-refractivity contribution is 7.80. The molecule has 1 aliphatic rings. The quantitative estimate of drug-likeness (QED) is 0.844. The van der Waals surface area contributed by atoms with Gasteiger partial charge in [-0.15, -0.1) is 0 Å². The van der Waals surface area contributed by atoms with Gasteiger partial charge in [0.1, 0.15) is 4.99 Å². The van der Waals surface area contributed by atoms with Gasteiger partial charge in [-0.1, -0.05) is 12.2 Å². The van der Waals surface area contributed by atoms with E-state index in [0.717, 1.165) is 24.2 Å². The predicted molar refractivity (Wildman–Crippen MR) is 83.9 cm³/mol. The van der Waals surface area contributed by atoms with Crippen molar-refractivity contribution in [2.24, 2.45) is 5.73 Å². The zero-order valence-corrected chi connectivity index (χ0v) is 12.9. The van der Waals surface area contributed by atoms with Crippen LogP contribution in [0.4, 0.5) is 5.69 Å². The van der Waals surface area contributed by atoms with Crippen molar-refractivity contribution in [3.63, 3.8) is 0 Å². The molecule has 19 heavy (non-hydrogen) atoms. The summed E-state index contributed by atoms with van der Waals surface area (Å²) in [5.41, 5.74) is 8.88. The van der Waals surface area contributed by atoms with Gasteiger partial charge in [0.05, 0.1) is 11.7 Å². The Morgan fingerprint density at radius 3 is 2.68 bits per heavy atom. The van der Waals surface area contributed by atoms with Gasteiger partial charge >= 0.3 is 0 Å². The fourth-order valence-corrected chi connectivity index (χ4v) is 3.00. The molecular weight excluding hydrogens is 256 g/mol. The first-order valence-electron chi connectivity index (χ1n) is 6.62. The molecule has 0 bridgehead atoms. The molecule has 0 aliphatic carbocycles. The molecule has 104 valence electrons. The summed E-state index contributed by atoms with van der Waals surface area (Å²) in [7, 11) is 0. The van der Waals surface area contributed by atoms with E-state index in [1.165, 1.54) is 5.69 Å². The number of thiocarbonyl (C=S) groups is 1. The van der Waals surface area contributed by atoms with Crippen LogP contribution in [0.2, 0.25) is 0 Å². The third-order valence-corrected chi connectivity index (χ3v) is 3.63. The van der Waals surface area contributed by atoms with E-state index in [4.69, 9.17) is 22.7 Å². The molecule has 0 aromatic heterocycles. The highest BCUT2D eigenvalue weighted by Gasteiger charge is 2.31. The van der Waals surface area contributed by atoms with Crippen LogP contribution in [0.25, 0.3) is 0 Å². The Hall–Kier alpha value is -1.13. The monoisotopic (exact) mass is 278 g/mol. The second kappa shape index (κ2) is 5.10. The van der Waals surface area contributed by atoms with Crippen molar-refractivity contribution >= 4 is 22.9 Å². The molecule has 1 heterocycles. The lowest BCUT2D eigenvalue weighted by atomic mass is 10.0. The summed E-state index contributed by atoms with van der Waals surface area (Å²) in [5, 5.41) is 0. The van der Waals surface area contributed by atoms with Gasteiger partial charge in [0, 0.05) is 24.3 Å². The molecule has 0 radical (unpaired) electrons. The van der Waals surface area contributed by atoms with E-state index in [-0.39, 0.29) is 11.7 Å². The van der Waals surface area contributed by atoms with Crippen molar-refractivity contribution in [1.29, 1.82) is 0 Å². The van der Waals surface area contributed by atoms with Gasteiger partial charge in [-0.3, -0.25) is 0 Å². The normalized spacial score (nSPS) is 22.3. The maximum absolute atomic E-state index is 5.94. The number of benzene rings is 1. The molecular formula is C15H22N2OS. The summed E-state index contributed by atoms with van der Waals surface area (Å²) in [6.45, 7) is 10.2. The van der Waals surface area contributed by atoms with Crippen molar-refractivity contribution < 1.29 is 4.74 Å². The molecule has 0 spiro atoms. The standard InChI is InChI=1S/C15H22N2OS/c1-10-7-12(5-6-13(10)14(16)19)17-8-11(2)18-15(3,4)9-17/h5-7,11H,8-9H2,1-4H3,(H2,16,19). The molecule has 2 rings (SSSR count). The first-order chi connectivity index (χ1) is 8.78. The van der Waals surface area contributed by atoms with Crippen LogP contribution in [0.5, 0.6) is 0 Å². The minimum Gasteiger partial charge on any atom is -0.389 e. The highest BCUT2D eigenvalue weighted by Crippen LogP contribution is 2.27. The lowest BCUT2D eigenvalue weighted by molar-refractivity contribution is -0.0749. The van der Waals surface area contributed by atoms with E-state index >= 15 is 0 Å². The maximum atomic E-state index is 5.94. The highest BCUT2D eigenvalue weighted by atomic mass is 32.1. The summed E-state index contributed by atoms with van der Waals surface area (Å²) >= 11 is 5.05. The van der Waals surface area contributed by atoms with Gasteiger partial charge in [0.15, 0.2) is 0 Å². The Balaban J connectivity index is 2.27. The molecule has 2 N–H and O–H groups in total. The van der Waals surface area contributed by atoms with Crippen molar-refractivity contribution in [1.82, 2.24) is 0 Å². The molecule has 1 atom stereocenters. The average molecular weight is 278 g/mol. The molecule has 0 amide bonds. The van der Waals surface area contributed by atoms with Crippen molar-refractivity contribution in [2.45, 2.75) is 39.4 Å². The lowest BCUT2D eigenvalue weighted by Gasteiger charge is -2.43. The number of nitrogens with two attached hydrogens (primary N) is 1. The van der Waals surface area contributed by atoms with Crippen molar-refractivity contribution in [3.05, 3.63) is 29.3 Å². The predicted octanol–water partition coefficient (Wildman–Crippen LogP) is 2.63. The number of hydrogen-bond donors (Lipinski definition) is 1. The number of morpholine rings is 1. The smallest absolute Gasteiger partial charge is 0.104 e. The van der Waals surface area contributed by atoms with E-state index < -0.39 is 0 Å². The third kappa shape index (κ3) is 3.25. The van der Waals surface area contributed by atoms with Crippen LogP contribution in [0.3, 0.4) is 0 Å². The molecule has 1 aromatic carbocycles. The summed E-state index contributed by atoms with van der Waals surface area (Å²) in [5.74, 6) is 0. The Morgan fingerprint density at radius 1 is 1.47 bits per heavy atom. The molecule has 3 nitrogen and oxygen atoms in total. The van der Waals surface area contributed by atoms with E-state index in [2.05, 4.69) is 37.8 Å². The van der Waals surface area contributed by atoms with Crippen LogP contribution < -0.4 is 10.6 Å². The molecule has 1 fully saturated rings. The molecule has 4 heteroatoms. The number of rotatable bonds is 2. The van der Waals surface area contributed by atoms with E-state index in [1.54, 1.807) is 0 Å². The number of aryl methyl sites for hydroxylation is 1. The van der Waals surface area contributed by atoms with Crippen LogP contribution in [0, 0.1) is 6.92 Å². The zero-order chi connectivity index (χ0) is 14.2. The first kappa shape index (κ1) is 14.3. The van der Waals surface area contributed by atoms with Crippen LogP contribution in [0.1, 0.15) is 31.9 Å². The molecule has 1 saturated heterocycles. The van der Waals surface area contributed by atoms with Crippen LogP contribution in [-0.4, -0.2) is 29.8 Å². The van der Waals surface area contributed by atoms with Crippen molar-refractivity contribution in [3.8, 4) is 0 Å². The van der Waals surface area contributed by atoms with Crippen LogP contribution >= 0.6 is 12.2 Å². The molecule has 1 unspecified atom stereocenters. The summed E-state index contributed by atoms with van der Waals surface area (Å²) in [6, 6.07) is 6.26. The minimum atomic E-state index is -0.118. The lowest BCUT2D eigenvalue weighted by Crippen LogP contribution is -2.52. The zero-order valence-electron chi connectivity index (χ0n) is 12.1. The second-order valence-electron chi connectivity index (χ2n) is 5.93.